The van der Waals surface area contributed by atoms with Crippen LogP contribution in [0.5, 0.6) is 0 Å². The molecule has 1 saturated heterocycles. The van der Waals surface area contributed by atoms with Crippen LogP contribution in [-0.4, -0.2) is 43.5 Å². The van der Waals surface area contributed by atoms with Crippen LogP contribution in [0, 0.1) is 5.92 Å². The van der Waals surface area contributed by atoms with E-state index in [0.29, 0.717) is 6.54 Å². The smallest absolute Gasteiger partial charge is 0.308 e. The highest BCUT2D eigenvalue weighted by Crippen LogP contribution is 2.18. The second-order valence-electron chi connectivity index (χ2n) is 6.46. The molecule has 1 aromatic rings. The lowest BCUT2D eigenvalue weighted by Crippen LogP contribution is -2.43. The molecule has 2 rings (SSSR count). The van der Waals surface area contributed by atoms with Crippen LogP contribution in [-0.2, 0) is 20.7 Å². The van der Waals surface area contributed by atoms with Gasteiger partial charge < -0.3 is 10.1 Å². The van der Waals surface area contributed by atoms with Crippen molar-refractivity contribution in [3.8, 4) is 0 Å². The number of hydrogen-bond donors (Lipinski definition) is 1. The maximum absolute atomic E-state index is 12.2. The Labute approximate surface area is 144 Å². The summed E-state index contributed by atoms with van der Waals surface area (Å²) in [4.78, 5) is 25.9. The zero-order valence-electron chi connectivity index (χ0n) is 14.9. The molecule has 0 spiro atoms. The molecule has 0 aromatic heterocycles. The van der Waals surface area contributed by atoms with Gasteiger partial charge in [0.2, 0.25) is 5.91 Å². The maximum atomic E-state index is 12.2. The first-order valence-corrected chi connectivity index (χ1v) is 8.71. The highest BCUT2D eigenvalue weighted by atomic mass is 16.5. The number of nitrogens with zero attached hydrogens (tertiary/aromatic N) is 1. The summed E-state index contributed by atoms with van der Waals surface area (Å²) in [7, 11) is 1.43. The molecule has 24 heavy (non-hydrogen) atoms. The number of nitrogens with one attached hydrogen (secondary N) is 1. The lowest BCUT2D eigenvalue weighted by molar-refractivity contribution is -0.147. The zero-order valence-corrected chi connectivity index (χ0v) is 14.9. The third kappa shape index (κ3) is 5.06. The summed E-state index contributed by atoms with van der Waals surface area (Å²) in [5.41, 5.74) is 2.41. The summed E-state index contributed by atoms with van der Waals surface area (Å²) < 4.78 is 4.79. The van der Waals surface area contributed by atoms with Crippen LogP contribution in [0.4, 0.5) is 0 Å². The van der Waals surface area contributed by atoms with Crippen molar-refractivity contribution in [1.82, 2.24) is 10.2 Å². The highest BCUT2D eigenvalue weighted by molar-refractivity contribution is 5.78. The second-order valence-corrected chi connectivity index (χ2v) is 6.46. The fraction of sp³-hybridized carbons (Fsp3) is 0.579. The molecular formula is C19H28N2O3. The van der Waals surface area contributed by atoms with Gasteiger partial charge in [-0.3, -0.25) is 14.5 Å². The van der Waals surface area contributed by atoms with E-state index in [9.17, 15) is 9.59 Å². The van der Waals surface area contributed by atoms with Crippen molar-refractivity contribution in [2.24, 2.45) is 5.92 Å². The first kappa shape index (κ1) is 18.5. The molecule has 0 bridgehead atoms. The van der Waals surface area contributed by atoms with E-state index in [4.69, 9.17) is 4.74 Å². The molecule has 1 N–H and O–H groups in total. The number of carbonyl (C=O) groups is 2. The van der Waals surface area contributed by atoms with E-state index >= 15 is 0 Å². The third-order valence-corrected chi connectivity index (χ3v) is 4.75. The molecule has 1 aromatic carbocycles. The fourth-order valence-corrected chi connectivity index (χ4v) is 3.11. The highest BCUT2D eigenvalue weighted by Gasteiger charge is 2.26. The molecule has 0 unspecified atom stereocenters. The van der Waals surface area contributed by atoms with E-state index in [1.807, 2.05) is 6.92 Å². The van der Waals surface area contributed by atoms with Crippen molar-refractivity contribution in [3.63, 3.8) is 0 Å². The summed E-state index contributed by atoms with van der Waals surface area (Å²) in [6.07, 6.45) is 2.53. The molecule has 1 atom stereocenters. The van der Waals surface area contributed by atoms with Crippen molar-refractivity contribution in [2.75, 3.05) is 26.7 Å². The number of amides is 1. The van der Waals surface area contributed by atoms with Crippen molar-refractivity contribution in [1.29, 1.82) is 0 Å². The Bertz CT molecular complexity index is 548. The Morgan fingerprint density at radius 2 is 1.88 bits per heavy atom. The minimum absolute atomic E-state index is 0.00369. The third-order valence-electron chi connectivity index (χ3n) is 4.75. The Kier molecular flexibility index (Phi) is 6.79. The van der Waals surface area contributed by atoms with Gasteiger partial charge in [0.05, 0.1) is 25.6 Å². The van der Waals surface area contributed by atoms with Crippen LogP contribution in [0.2, 0.25) is 0 Å². The van der Waals surface area contributed by atoms with E-state index in [1.54, 1.807) is 0 Å². The van der Waals surface area contributed by atoms with Gasteiger partial charge in [0.1, 0.15) is 0 Å². The molecule has 1 aliphatic rings. The number of rotatable bonds is 6. The van der Waals surface area contributed by atoms with Gasteiger partial charge in [-0.05, 0) is 50.4 Å². The van der Waals surface area contributed by atoms with Crippen molar-refractivity contribution >= 4 is 11.9 Å². The molecule has 5 heteroatoms. The molecular weight excluding hydrogens is 304 g/mol. The summed E-state index contributed by atoms with van der Waals surface area (Å²) in [5.74, 6) is -0.132. The van der Waals surface area contributed by atoms with Crippen LogP contribution in [0.3, 0.4) is 0 Å². The Morgan fingerprint density at radius 1 is 1.25 bits per heavy atom. The number of piperidine rings is 1. The quantitative estimate of drug-likeness (QED) is 0.812. The number of likely N-dealkylation sites (tertiary alicyclic amines) is 1. The van der Waals surface area contributed by atoms with E-state index in [1.165, 1.54) is 12.7 Å². The minimum Gasteiger partial charge on any atom is -0.469 e. The molecule has 0 aliphatic carbocycles. The number of hydrogen-bond acceptors (Lipinski definition) is 4. The molecule has 132 valence electrons. The topological polar surface area (TPSA) is 58.6 Å². The summed E-state index contributed by atoms with van der Waals surface area (Å²) in [5, 5.41) is 3.05. The monoisotopic (exact) mass is 332 g/mol. The maximum Gasteiger partial charge on any atom is 0.308 e. The van der Waals surface area contributed by atoms with Gasteiger partial charge in [-0.2, -0.15) is 0 Å². The Hall–Kier alpha value is -1.88. The standard InChI is InChI=1S/C19H28N2O3/c1-4-15-5-7-16(8-6-15)14(2)20-18(22)13-21-11-9-17(10-12-21)19(23)24-3/h5-8,14,17H,4,9-13H2,1-3H3,(H,20,22)/t14-/m0/s1. The molecule has 1 amide bonds. The number of aryl methyl sites for hydroxylation is 1. The number of benzene rings is 1. The van der Waals surface area contributed by atoms with Crippen LogP contribution < -0.4 is 5.32 Å². The number of methoxy groups -OCH3 is 1. The predicted octanol–water partition coefficient (Wildman–Crippen LogP) is 2.31. The van der Waals surface area contributed by atoms with Crippen LogP contribution in [0.1, 0.15) is 43.9 Å². The van der Waals surface area contributed by atoms with Gasteiger partial charge in [0, 0.05) is 0 Å². The zero-order chi connectivity index (χ0) is 17.5. The van der Waals surface area contributed by atoms with Gasteiger partial charge in [-0.1, -0.05) is 31.2 Å². The number of esters is 1. The fourth-order valence-electron chi connectivity index (χ4n) is 3.11. The second kappa shape index (κ2) is 8.83. The van der Waals surface area contributed by atoms with E-state index in [0.717, 1.165) is 37.9 Å². The predicted molar refractivity (Wildman–Crippen MR) is 93.6 cm³/mol. The summed E-state index contributed by atoms with van der Waals surface area (Å²) in [6.45, 7) is 6.02. The van der Waals surface area contributed by atoms with E-state index in [-0.39, 0.29) is 23.8 Å². The molecule has 1 aliphatic heterocycles. The molecule has 5 nitrogen and oxygen atoms in total. The minimum atomic E-state index is -0.136. The van der Waals surface area contributed by atoms with Crippen molar-refractivity contribution in [2.45, 2.75) is 39.2 Å². The first-order chi connectivity index (χ1) is 11.5. The van der Waals surface area contributed by atoms with E-state index in [2.05, 4.69) is 41.4 Å². The molecule has 1 heterocycles. The van der Waals surface area contributed by atoms with Crippen molar-refractivity contribution < 1.29 is 14.3 Å². The lowest BCUT2D eigenvalue weighted by atomic mass is 9.97. The summed E-state index contributed by atoms with van der Waals surface area (Å²) >= 11 is 0. The Morgan fingerprint density at radius 3 is 2.42 bits per heavy atom. The van der Waals surface area contributed by atoms with Crippen LogP contribution in [0.25, 0.3) is 0 Å². The van der Waals surface area contributed by atoms with Gasteiger partial charge in [-0.15, -0.1) is 0 Å². The number of ether oxygens (including phenoxy) is 1. The average Bonchev–Trinajstić information content (AvgIpc) is 2.61. The molecule has 0 saturated carbocycles. The van der Waals surface area contributed by atoms with Gasteiger partial charge in [-0.25, -0.2) is 0 Å². The van der Waals surface area contributed by atoms with Gasteiger partial charge >= 0.3 is 5.97 Å². The first-order valence-electron chi connectivity index (χ1n) is 8.71. The normalized spacial score (nSPS) is 17.3. The van der Waals surface area contributed by atoms with Gasteiger partial charge in [0.25, 0.3) is 0 Å². The SMILES string of the molecule is CCc1ccc([C@H](C)NC(=O)CN2CCC(C(=O)OC)CC2)cc1. The molecule has 1 fully saturated rings. The average molecular weight is 332 g/mol. The number of carbonyl (C=O) groups excluding carboxylic acids is 2. The largest absolute Gasteiger partial charge is 0.469 e. The summed E-state index contributed by atoms with van der Waals surface area (Å²) in [6, 6.07) is 8.36. The van der Waals surface area contributed by atoms with E-state index < -0.39 is 0 Å². The van der Waals surface area contributed by atoms with Crippen LogP contribution in [0.15, 0.2) is 24.3 Å². The Balaban J connectivity index is 1.77. The lowest BCUT2D eigenvalue weighted by Gasteiger charge is -2.30. The van der Waals surface area contributed by atoms with Crippen LogP contribution >= 0.6 is 0 Å². The molecule has 0 radical (unpaired) electrons. The van der Waals surface area contributed by atoms with Gasteiger partial charge in [0.15, 0.2) is 0 Å². The van der Waals surface area contributed by atoms with Crippen molar-refractivity contribution in [3.05, 3.63) is 35.4 Å².